The monoisotopic (exact) mass is 284 g/mol. The Balaban J connectivity index is 1.81. The fourth-order valence-electron chi connectivity index (χ4n) is 3.08. The molecule has 0 aromatic heterocycles. The fourth-order valence-corrected chi connectivity index (χ4v) is 3.08. The van der Waals surface area contributed by atoms with Crippen molar-refractivity contribution in [2.45, 2.75) is 6.42 Å². The average Bonchev–Trinajstić information content (AvgIpc) is 2.91. The second-order valence-electron chi connectivity index (χ2n) is 5.44. The Morgan fingerprint density at radius 3 is 2.70 bits per heavy atom. The summed E-state index contributed by atoms with van der Waals surface area (Å²) in [5.41, 5.74) is -0.395. The summed E-state index contributed by atoms with van der Waals surface area (Å²) in [6, 6.07) is 1.80. The smallest absolute Gasteiger partial charge is 0.256 e. The minimum atomic E-state index is -1.59. The molecule has 0 saturated carbocycles. The number of nitrogens with zero attached hydrogens (tertiary/aromatic N) is 1. The van der Waals surface area contributed by atoms with Gasteiger partial charge in [-0.2, -0.15) is 0 Å². The molecule has 0 radical (unpaired) electrons. The lowest BCUT2D eigenvalue weighted by molar-refractivity contribution is 0.0636. The maximum Gasteiger partial charge on any atom is 0.256 e. The molecule has 3 nitrogen and oxygen atoms in total. The third-order valence-electron chi connectivity index (χ3n) is 4.26. The summed E-state index contributed by atoms with van der Waals surface area (Å²) in [5, 5.41) is 3.27. The lowest BCUT2D eigenvalue weighted by Gasteiger charge is -2.34. The van der Waals surface area contributed by atoms with Gasteiger partial charge >= 0.3 is 0 Å². The van der Waals surface area contributed by atoms with E-state index in [1.54, 1.807) is 0 Å². The molecule has 2 fully saturated rings. The number of hydrogen-bond donors (Lipinski definition) is 1. The Bertz CT molecular complexity index is 549. The molecule has 0 aliphatic carbocycles. The van der Waals surface area contributed by atoms with Crippen LogP contribution >= 0.6 is 0 Å². The molecule has 2 unspecified atom stereocenters. The predicted octanol–water partition coefficient (Wildman–Crippen LogP) is 1.79. The van der Waals surface area contributed by atoms with E-state index in [2.05, 4.69) is 5.32 Å². The number of halogens is 3. The summed E-state index contributed by atoms with van der Waals surface area (Å²) in [7, 11) is 0. The Morgan fingerprint density at radius 1 is 1.15 bits per heavy atom. The third-order valence-corrected chi connectivity index (χ3v) is 4.26. The van der Waals surface area contributed by atoms with Gasteiger partial charge in [-0.25, -0.2) is 13.2 Å². The number of piperidine rings is 1. The number of likely N-dealkylation sites (tertiary alicyclic amines) is 1. The second kappa shape index (κ2) is 5.09. The van der Waals surface area contributed by atoms with E-state index in [0.717, 1.165) is 31.6 Å². The van der Waals surface area contributed by atoms with Crippen LogP contribution in [0.15, 0.2) is 12.1 Å². The molecule has 6 heteroatoms. The molecule has 0 bridgehead atoms. The number of fused-ring (bicyclic) bond motifs is 1. The largest absolute Gasteiger partial charge is 0.338 e. The van der Waals surface area contributed by atoms with Gasteiger partial charge in [0.2, 0.25) is 0 Å². The van der Waals surface area contributed by atoms with Crippen LogP contribution in [-0.2, 0) is 0 Å². The quantitative estimate of drug-likeness (QED) is 0.797. The molecule has 2 heterocycles. The molecule has 3 rings (SSSR count). The van der Waals surface area contributed by atoms with Crippen molar-refractivity contribution < 1.29 is 18.0 Å². The van der Waals surface area contributed by atoms with Crippen molar-refractivity contribution in [3.8, 4) is 0 Å². The van der Waals surface area contributed by atoms with Crippen molar-refractivity contribution in [1.29, 1.82) is 0 Å². The number of carbonyl (C=O) groups excluding carboxylic acids is 1. The van der Waals surface area contributed by atoms with Gasteiger partial charge in [0.15, 0.2) is 17.5 Å². The zero-order valence-electron chi connectivity index (χ0n) is 10.8. The highest BCUT2D eigenvalue weighted by Gasteiger charge is 2.35. The number of carbonyl (C=O) groups is 1. The highest BCUT2D eigenvalue weighted by Crippen LogP contribution is 2.28. The van der Waals surface area contributed by atoms with E-state index < -0.39 is 28.9 Å². The molecule has 2 atom stereocenters. The second-order valence-corrected chi connectivity index (χ2v) is 5.44. The normalized spacial score (nSPS) is 25.6. The maximum absolute atomic E-state index is 13.7. The minimum absolute atomic E-state index is 0.362. The predicted molar refractivity (Wildman–Crippen MR) is 66.7 cm³/mol. The van der Waals surface area contributed by atoms with E-state index in [0.29, 0.717) is 24.9 Å². The molecule has 1 aromatic carbocycles. The van der Waals surface area contributed by atoms with Crippen LogP contribution in [0.2, 0.25) is 0 Å². The first-order chi connectivity index (χ1) is 9.58. The Kier molecular flexibility index (Phi) is 3.41. The molecule has 0 spiro atoms. The summed E-state index contributed by atoms with van der Waals surface area (Å²) in [5.74, 6) is -3.92. The zero-order valence-corrected chi connectivity index (χ0v) is 10.8. The average molecular weight is 284 g/mol. The van der Waals surface area contributed by atoms with E-state index in [-0.39, 0.29) is 0 Å². The number of hydrogen-bond acceptors (Lipinski definition) is 2. The molecular weight excluding hydrogens is 269 g/mol. The SMILES string of the molecule is O=C(c1ccc(F)c(F)c1F)N1CCC2CNCC2C1. The van der Waals surface area contributed by atoms with Crippen LogP contribution in [0, 0.1) is 29.3 Å². The number of amides is 1. The van der Waals surface area contributed by atoms with Crippen LogP contribution in [-0.4, -0.2) is 37.0 Å². The molecule has 1 aromatic rings. The van der Waals surface area contributed by atoms with Gasteiger partial charge in [-0.1, -0.05) is 0 Å². The van der Waals surface area contributed by atoms with E-state index in [9.17, 15) is 18.0 Å². The lowest BCUT2D eigenvalue weighted by atomic mass is 9.88. The molecule has 108 valence electrons. The topological polar surface area (TPSA) is 32.3 Å². The standard InChI is InChI=1S/C14H15F3N2O/c15-11-2-1-10(12(16)13(11)17)14(20)19-4-3-8-5-18-6-9(8)7-19/h1-2,8-9,18H,3-7H2. The Morgan fingerprint density at radius 2 is 1.90 bits per heavy atom. The summed E-state index contributed by atoms with van der Waals surface area (Å²) in [4.78, 5) is 13.8. The van der Waals surface area contributed by atoms with E-state index >= 15 is 0 Å². The lowest BCUT2D eigenvalue weighted by Crippen LogP contribution is -2.43. The third kappa shape index (κ3) is 2.18. The van der Waals surface area contributed by atoms with Gasteiger partial charge in [0.25, 0.3) is 5.91 Å². The van der Waals surface area contributed by atoms with Crippen LogP contribution in [0.4, 0.5) is 13.2 Å². The Labute approximate surface area is 114 Å². The summed E-state index contributed by atoms with van der Waals surface area (Å²) in [6.45, 7) is 2.86. The number of nitrogens with one attached hydrogen (secondary N) is 1. The van der Waals surface area contributed by atoms with Crippen molar-refractivity contribution >= 4 is 5.91 Å². The van der Waals surface area contributed by atoms with Gasteiger partial charge in [-0.15, -0.1) is 0 Å². The molecule has 2 aliphatic rings. The van der Waals surface area contributed by atoms with Crippen molar-refractivity contribution in [2.75, 3.05) is 26.2 Å². The first kappa shape index (κ1) is 13.4. The van der Waals surface area contributed by atoms with Crippen molar-refractivity contribution in [2.24, 2.45) is 11.8 Å². The zero-order chi connectivity index (χ0) is 14.3. The van der Waals surface area contributed by atoms with Gasteiger partial charge in [0.05, 0.1) is 5.56 Å². The molecule has 1 amide bonds. The molecule has 2 saturated heterocycles. The van der Waals surface area contributed by atoms with Crippen molar-refractivity contribution in [3.05, 3.63) is 35.1 Å². The van der Waals surface area contributed by atoms with Crippen molar-refractivity contribution in [3.63, 3.8) is 0 Å². The van der Waals surface area contributed by atoms with Gasteiger partial charge in [-0.3, -0.25) is 4.79 Å². The maximum atomic E-state index is 13.7. The van der Waals surface area contributed by atoms with Gasteiger partial charge in [0.1, 0.15) is 0 Å². The molecule has 20 heavy (non-hydrogen) atoms. The first-order valence-electron chi connectivity index (χ1n) is 6.71. The van der Waals surface area contributed by atoms with Gasteiger partial charge < -0.3 is 10.2 Å². The van der Waals surface area contributed by atoms with Gasteiger partial charge in [0, 0.05) is 13.1 Å². The van der Waals surface area contributed by atoms with Gasteiger partial charge in [-0.05, 0) is 43.5 Å². The fraction of sp³-hybridized carbons (Fsp3) is 0.500. The number of benzene rings is 1. The summed E-state index contributed by atoms with van der Waals surface area (Å²) in [6.07, 6.45) is 0.856. The van der Waals surface area contributed by atoms with E-state index in [1.807, 2.05) is 0 Å². The number of rotatable bonds is 1. The highest BCUT2D eigenvalue weighted by atomic mass is 19.2. The minimum Gasteiger partial charge on any atom is -0.338 e. The summed E-state index contributed by atoms with van der Waals surface area (Å²) < 4.78 is 39.8. The van der Waals surface area contributed by atoms with E-state index in [1.165, 1.54) is 4.90 Å². The van der Waals surface area contributed by atoms with E-state index in [4.69, 9.17) is 0 Å². The molecule has 2 aliphatic heterocycles. The summed E-state index contributed by atoms with van der Waals surface area (Å²) >= 11 is 0. The molecule has 1 N–H and O–H groups in total. The van der Waals surface area contributed by atoms with Crippen LogP contribution < -0.4 is 5.32 Å². The van der Waals surface area contributed by atoms with Crippen LogP contribution in [0.5, 0.6) is 0 Å². The van der Waals surface area contributed by atoms with Crippen molar-refractivity contribution in [1.82, 2.24) is 10.2 Å². The first-order valence-corrected chi connectivity index (χ1v) is 6.71. The van der Waals surface area contributed by atoms with Crippen LogP contribution in [0.25, 0.3) is 0 Å². The molecular formula is C14H15F3N2O. The highest BCUT2D eigenvalue weighted by molar-refractivity contribution is 5.94. The Hall–Kier alpha value is -1.56. The van der Waals surface area contributed by atoms with Crippen LogP contribution in [0.3, 0.4) is 0 Å². The van der Waals surface area contributed by atoms with Crippen LogP contribution in [0.1, 0.15) is 16.8 Å².